The first-order valence-electron chi connectivity index (χ1n) is 9.53. The first kappa shape index (κ1) is 16.2. The van der Waals surface area contributed by atoms with Gasteiger partial charge >= 0.3 is 0 Å². The summed E-state index contributed by atoms with van der Waals surface area (Å²) >= 11 is 0. The molecule has 1 N–H and O–H groups in total. The summed E-state index contributed by atoms with van der Waals surface area (Å²) in [5.41, 5.74) is 5.34. The van der Waals surface area contributed by atoms with Crippen LogP contribution in [0, 0.1) is 0 Å². The molecule has 0 saturated heterocycles. The van der Waals surface area contributed by atoms with Gasteiger partial charge in [-0.1, -0.05) is 38.0 Å². The number of para-hydroxylation sites is 1. The van der Waals surface area contributed by atoms with Crippen LogP contribution in [0.25, 0.3) is 11.6 Å². The second kappa shape index (κ2) is 6.91. The van der Waals surface area contributed by atoms with E-state index in [1.54, 1.807) is 0 Å². The highest BCUT2D eigenvalue weighted by Crippen LogP contribution is 2.36. The van der Waals surface area contributed by atoms with Gasteiger partial charge in [-0.2, -0.15) is 0 Å². The van der Waals surface area contributed by atoms with Crippen LogP contribution >= 0.6 is 0 Å². The van der Waals surface area contributed by atoms with Crippen molar-refractivity contribution in [2.24, 2.45) is 0 Å². The Hall–Kier alpha value is -2.29. The molecule has 2 aliphatic rings. The summed E-state index contributed by atoms with van der Waals surface area (Å²) in [4.78, 5) is 12.4. The molecule has 0 unspecified atom stereocenters. The summed E-state index contributed by atoms with van der Waals surface area (Å²) in [5, 5.41) is 2.95. The number of hydrogen-bond donors (Lipinski definition) is 1. The molecule has 1 aromatic carbocycles. The number of benzene rings is 1. The highest BCUT2D eigenvalue weighted by molar-refractivity contribution is 6.34. The highest BCUT2D eigenvalue weighted by Gasteiger charge is 2.26. The van der Waals surface area contributed by atoms with Crippen LogP contribution in [0.4, 0.5) is 5.69 Å². The van der Waals surface area contributed by atoms with Crippen molar-refractivity contribution in [2.45, 2.75) is 58.3 Å². The van der Waals surface area contributed by atoms with Crippen molar-refractivity contribution in [3.8, 4) is 0 Å². The lowest BCUT2D eigenvalue weighted by Crippen LogP contribution is -2.04. The Morgan fingerprint density at radius 3 is 2.88 bits per heavy atom. The standard InChI is InChI=1S/C22H25NO2/c1-2-3-4-10-17-16-11-6-8-13-20(16)25-21(17)14-18-15-9-5-7-12-19(15)23-22(18)24/h5,7,9,12,14H,2-4,6,8,10-11,13H2,1H3,(H,23,24). The van der Waals surface area contributed by atoms with E-state index in [1.807, 2.05) is 30.3 Å². The maximum atomic E-state index is 12.4. The first-order chi connectivity index (χ1) is 12.3. The van der Waals surface area contributed by atoms with Crippen molar-refractivity contribution < 1.29 is 9.21 Å². The minimum absolute atomic E-state index is 0.0323. The summed E-state index contributed by atoms with van der Waals surface area (Å²) in [7, 11) is 0. The largest absolute Gasteiger partial charge is 0.461 e. The van der Waals surface area contributed by atoms with Crippen LogP contribution in [0.5, 0.6) is 0 Å². The number of hydrogen-bond acceptors (Lipinski definition) is 2. The fourth-order valence-electron chi connectivity index (χ4n) is 4.01. The third-order valence-electron chi connectivity index (χ3n) is 5.33. The molecule has 4 rings (SSSR count). The van der Waals surface area contributed by atoms with E-state index >= 15 is 0 Å². The molecule has 130 valence electrons. The Morgan fingerprint density at radius 2 is 2.00 bits per heavy atom. The van der Waals surface area contributed by atoms with Gasteiger partial charge in [0.15, 0.2) is 0 Å². The van der Waals surface area contributed by atoms with Crippen molar-refractivity contribution in [3.63, 3.8) is 0 Å². The second-order valence-corrected chi connectivity index (χ2v) is 7.07. The molecule has 0 fully saturated rings. The van der Waals surface area contributed by atoms with Crippen LogP contribution in [0.3, 0.4) is 0 Å². The first-order valence-corrected chi connectivity index (χ1v) is 9.53. The van der Waals surface area contributed by atoms with Gasteiger partial charge in [0.05, 0.1) is 5.57 Å². The normalized spacial score (nSPS) is 17.5. The molecule has 2 heterocycles. The number of rotatable bonds is 5. The van der Waals surface area contributed by atoms with Gasteiger partial charge in [-0.3, -0.25) is 4.79 Å². The lowest BCUT2D eigenvalue weighted by molar-refractivity contribution is -0.110. The maximum absolute atomic E-state index is 12.4. The molecule has 0 atom stereocenters. The molecule has 0 bridgehead atoms. The lowest BCUT2D eigenvalue weighted by Gasteiger charge is -2.10. The van der Waals surface area contributed by atoms with E-state index in [1.165, 1.54) is 43.2 Å². The Morgan fingerprint density at radius 1 is 1.16 bits per heavy atom. The van der Waals surface area contributed by atoms with Crippen LogP contribution in [0.15, 0.2) is 28.7 Å². The Balaban J connectivity index is 1.75. The molecular weight excluding hydrogens is 310 g/mol. The Kier molecular flexibility index (Phi) is 4.48. The number of nitrogens with one attached hydrogen (secondary N) is 1. The molecule has 0 radical (unpaired) electrons. The average molecular weight is 335 g/mol. The van der Waals surface area contributed by atoms with Crippen LogP contribution in [0.2, 0.25) is 0 Å². The van der Waals surface area contributed by atoms with E-state index < -0.39 is 0 Å². The smallest absolute Gasteiger partial charge is 0.256 e. The molecule has 1 amide bonds. The Bertz CT molecular complexity index is 829. The molecule has 0 spiro atoms. The molecule has 25 heavy (non-hydrogen) atoms. The zero-order chi connectivity index (χ0) is 17.2. The second-order valence-electron chi connectivity index (χ2n) is 7.07. The van der Waals surface area contributed by atoms with Gasteiger partial charge in [0.25, 0.3) is 5.91 Å². The van der Waals surface area contributed by atoms with Gasteiger partial charge < -0.3 is 9.73 Å². The number of furan rings is 1. The number of carbonyl (C=O) groups is 1. The van der Waals surface area contributed by atoms with Gasteiger partial charge in [-0.25, -0.2) is 0 Å². The van der Waals surface area contributed by atoms with Gasteiger partial charge in [-0.15, -0.1) is 0 Å². The summed E-state index contributed by atoms with van der Waals surface area (Å²) in [5.74, 6) is 2.02. The van der Waals surface area contributed by atoms with Crippen LogP contribution < -0.4 is 5.32 Å². The fraction of sp³-hybridized carbons (Fsp3) is 0.409. The molecule has 1 aromatic heterocycles. The van der Waals surface area contributed by atoms with Gasteiger partial charge in [0.1, 0.15) is 11.5 Å². The summed E-state index contributed by atoms with van der Waals surface area (Å²) in [6.45, 7) is 2.23. The van der Waals surface area contributed by atoms with E-state index in [9.17, 15) is 4.79 Å². The summed E-state index contributed by atoms with van der Waals surface area (Å²) in [6, 6.07) is 7.87. The van der Waals surface area contributed by atoms with Crippen molar-refractivity contribution in [2.75, 3.05) is 5.32 Å². The minimum Gasteiger partial charge on any atom is -0.461 e. The highest BCUT2D eigenvalue weighted by atomic mass is 16.3. The topological polar surface area (TPSA) is 42.2 Å². The molecule has 1 aliphatic heterocycles. The molecule has 3 nitrogen and oxygen atoms in total. The SMILES string of the molecule is CCCCCc1c(C=C2C(=O)Nc3ccccc32)oc2c1CCCC2. The third kappa shape index (κ3) is 3.04. The number of unbranched alkanes of at least 4 members (excludes halogenated alkanes) is 2. The molecule has 0 saturated carbocycles. The van der Waals surface area contributed by atoms with E-state index in [2.05, 4.69) is 12.2 Å². The third-order valence-corrected chi connectivity index (χ3v) is 5.33. The minimum atomic E-state index is -0.0323. The number of anilines is 1. The molecular formula is C22H25NO2. The number of amides is 1. The molecule has 2 aromatic rings. The van der Waals surface area contributed by atoms with Crippen LogP contribution in [0.1, 0.15) is 67.2 Å². The van der Waals surface area contributed by atoms with Crippen molar-refractivity contribution in [3.05, 3.63) is 52.5 Å². The maximum Gasteiger partial charge on any atom is 0.256 e. The van der Waals surface area contributed by atoms with Crippen LogP contribution in [-0.4, -0.2) is 5.91 Å². The quantitative estimate of drug-likeness (QED) is 0.588. The molecule has 3 heteroatoms. The van der Waals surface area contributed by atoms with Gasteiger partial charge in [-0.05, 0) is 49.8 Å². The zero-order valence-electron chi connectivity index (χ0n) is 14.9. The van der Waals surface area contributed by atoms with E-state index in [0.29, 0.717) is 0 Å². The predicted octanol–water partition coefficient (Wildman–Crippen LogP) is 5.38. The zero-order valence-corrected chi connectivity index (χ0v) is 14.9. The summed E-state index contributed by atoms with van der Waals surface area (Å²) in [6.07, 6.45) is 11.2. The van der Waals surface area contributed by atoms with Crippen molar-refractivity contribution in [1.82, 2.24) is 0 Å². The Labute approximate surface area is 149 Å². The number of carbonyl (C=O) groups excluding carboxylic acids is 1. The van der Waals surface area contributed by atoms with Gasteiger partial charge in [0.2, 0.25) is 0 Å². The molecule has 1 aliphatic carbocycles. The summed E-state index contributed by atoms with van der Waals surface area (Å²) < 4.78 is 6.24. The fourth-order valence-corrected chi connectivity index (χ4v) is 4.01. The number of aryl methyl sites for hydroxylation is 1. The lowest BCUT2D eigenvalue weighted by atomic mass is 9.92. The van der Waals surface area contributed by atoms with E-state index in [-0.39, 0.29) is 5.91 Å². The van der Waals surface area contributed by atoms with Crippen molar-refractivity contribution in [1.29, 1.82) is 0 Å². The van der Waals surface area contributed by atoms with Crippen LogP contribution in [-0.2, 0) is 24.1 Å². The van der Waals surface area contributed by atoms with E-state index in [0.717, 1.165) is 47.6 Å². The number of fused-ring (bicyclic) bond motifs is 2. The predicted molar refractivity (Wildman–Crippen MR) is 102 cm³/mol. The average Bonchev–Trinajstić information content (AvgIpc) is 3.13. The van der Waals surface area contributed by atoms with Gasteiger partial charge in [0, 0.05) is 23.2 Å². The monoisotopic (exact) mass is 335 g/mol. The van der Waals surface area contributed by atoms with E-state index in [4.69, 9.17) is 4.42 Å². The van der Waals surface area contributed by atoms with Crippen molar-refractivity contribution >= 4 is 23.2 Å².